The third kappa shape index (κ3) is 2.73. The summed E-state index contributed by atoms with van der Waals surface area (Å²) in [6, 6.07) is 1.93. The number of alkyl halides is 2. The summed E-state index contributed by atoms with van der Waals surface area (Å²) in [6.07, 6.45) is 3.81. The molecular formula is C13H17F2NO. The summed E-state index contributed by atoms with van der Waals surface area (Å²) in [4.78, 5) is 3.95. The molecule has 1 aliphatic carbocycles. The molecule has 0 spiro atoms. The van der Waals surface area contributed by atoms with Gasteiger partial charge in [0.2, 0.25) is 5.88 Å². The minimum atomic E-state index is -2.82. The van der Waals surface area contributed by atoms with Gasteiger partial charge in [-0.1, -0.05) is 20.8 Å². The summed E-state index contributed by atoms with van der Waals surface area (Å²) in [7, 11) is 0. The molecule has 17 heavy (non-hydrogen) atoms. The zero-order chi connectivity index (χ0) is 12.6. The second-order valence-electron chi connectivity index (χ2n) is 5.48. The number of ether oxygens (including phenoxy) is 1. The Kier molecular flexibility index (Phi) is 3.06. The predicted molar refractivity (Wildman–Crippen MR) is 61.5 cm³/mol. The average molecular weight is 241 g/mol. The van der Waals surface area contributed by atoms with Crippen LogP contribution in [0.4, 0.5) is 8.78 Å². The smallest absolute Gasteiger partial charge is 0.388 e. The number of aromatic nitrogens is 1. The molecule has 0 amide bonds. The van der Waals surface area contributed by atoms with Crippen molar-refractivity contribution in [3.05, 3.63) is 23.4 Å². The first-order chi connectivity index (χ1) is 7.89. The molecule has 2 rings (SSSR count). The molecule has 1 aliphatic rings. The van der Waals surface area contributed by atoms with Crippen LogP contribution in [0.25, 0.3) is 0 Å². The Hall–Kier alpha value is -1.19. The van der Waals surface area contributed by atoms with Gasteiger partial charge < -0.3 is 4.74 Å². The van der Waals surface area contributed by atoms with Gasteiger partial charge in [0.25, 0.3) is 0 Å². The van der Waals surface area contributed by atoms with Gasteiger partial charge in [-0.05, 0) is 35.8 Å². The minimum Gasteiger partial charge on any atom is -0.417 e. The lowest BCUT2D eigenvalue weighted by atomic mass is 9.83. The number of rotatable bonds is 3. The Morgan fingerprint density at radius 3 is 2.47 bits per heavy atom. The largest absolute Gasteiger partial charge is 0.417 e. The normalized spacial score (nSPS) is 16.4. The predicted octanol–water partition coefficient (Wildman–Crippen LogP) is 3.86. The standard InChI is InChI=1S/C13H17F2NO/c1-13(2,3)10-9(8-4-5-8)6-7-16-11(10)17-12(14)15/h6-8,12H,4-5H2,1-3H3. The molecule has 0 N–H and O–H groups in total. The van der Waals surface area contributed by atoms with E-state index in [1.807, 2.05) is 26.8 Å². The van der Waals surface area contributed by atoms with Crippen molar-refractivity contribution in [2.24, 2.45) is 0 Å². The average Bonchev–Trinajstić information content (AvgIpc) is 2.97. The van der Waals surface area contributed by atoms with Crippen LogP contribution in [0, 0.1) is 0 Å². The molecule has 1 heterocycles. The Morgan fingerprint density at radius 1 is 1.35 bits per heavy atom. The molecule has 2 nitrogen and oxygen atoms in total. The van der Waals surface area contributed by atoms with E-state index >= 15 is 0 Å². The van der Waals surface area contributed by atoms with Gasteiger partial charge in [-0.25, -0.2) is 4.98 Å². The van der Waals surface area contributed by atoms with Crippen LogP contribution in [0.5, 0.6) is 5.88 Å². The number of hydrogen-bond donors (Lipinski definition) is 0. The first-order valence-electron chi connectivity index (χ1n) is 5.84. The van der Waals surface area contributed by atoms with Crippen LogP contribution in [0.3, 0.4) is 0 Å². The first kappa shape index (κ1) is 12.3. The van der Waals surface area contributed by atoms with Crippen LogP contribution in [0.1, 0.15) is 50.7 Å². The summed E-state index contributed by atoms with van der Waals surface area (Å²) in [6.45, 7) is 3.16. The van der Waals surface area contributed by atoms with Gasteiger partial charge in [0.15, 0.2) is 0 Å². The summed E-state index contributed by atoms with van der Waals surface area (Å²) in [5.41, 5.74) is 1.70. The molecule has 0 atom stereocenters. The Balaban J connectivity index is 2.47. The molecule has 1 fully saturated rings. The quantitative estimate of drug-likeness (QED) is 0.801. The van der Waals surface area contributed by atoms with Gasteiger partial charge in [0.1, 0.15) is 0 Å². The van der Waals surface area contributed by atoms with E-state index < -0.39 is 6.61 Å². The lowest BCUT2D eigenvalue weighted by molar-refractivity contribution is -0.0540. The highest BCUT2D eigenvalue weighted by molar-refractivity contribution is 5.43. The van der Waals surface area contributed by atoms with E-state index in [1.165, 1.54) is 0 Å². The lowest BCUT2D eigenvalue weighted by Crippen LogP contribution is -2.18. The zero-order valence-corrected chi connectivity index (χ0v) is 10.3. The highest BCUT2D eigenvalue weighted by atomic mass is 19.3. The highest BCUT2D eigenvalue weighted by Gasteiger charge is 2.33. The fraction of sp³-hybridized carbons (Fsp3) is 0.615. The molecule has 0 radical (unpaired) electrons. The first-order valence-corrected chi connectivity index (χ1v) is 5.84. The molecule has 0 bridgehead atoms. The van der Waals surface area contributed by atoms with Gasteiger partial charge in [-0.3, -0.25) is 0 Å². The van der Waals surface area contributed by atoms with Crippen molar-refractivity contribution in [1.82, 2.24) is 4.98 Å². The van der Waals surface area contributed by atoms with Crippen molar-refractivity contribution in [3.8, 4) is 5.88 Å². The molecule has 1 aromatic heterocycles. The van der Waals surface area contributed by atoms with E-state index in [2.05, 4.69) is 9.72 Å². The lowest BCUT2D eigenvalue weighted by Gasteiger charge is -2.25. The Labute approximate surface area is 100 Å². The van der Waals surface area contributed by atoms with Crippen LogP contribution in [0.15, 0.2) is 12.3 Å². The maximum absolute atomic E-state index is 12.4. The van der Waals surface area contributed by atoms with Gasteiger partial charge >= 0.3 is 6.61 Å². The monoisotopic (exact) mass is 241 g/mol. The SMILES string of the molecule is CC(C)(C)c1c(C2CC2)ccnc1OC(F)F. The number of pyridine rings is 1. The molecule has 0 unspecified atom stereocenters. The molecule has 94 valence electrons. The molecule has 4 heteroatoms. The van der Waals surface area contributed by atoms with E-state index in [4.69, 9.17) is 0 Å². The molecule has 0 saturated heterocycles. The second-order valence-corrected chi connectivity index (χ2v) is 5.48. The molecular weight excluding hydrogens is 224 g/mol. The van der Waals surface area contributed by atoms with Gasteiger partial charge in [-0.2, -0.15) is 8.78 Å². The number of hydrogen-bond acceptors (Lipinski definition) is 2. The summed E-state index contributed by atoms with van der Waals surface area (Å²) in [5.74, 6) is 0.573. The van der Waals surface area contributed by atoms with E-state index in [0.717, 1.165) is 24.0 Å². The number of nitrogens with zero attached hydrogens (tertiary/aromatic N) is 1. The van der Waals surface area contributed by atoms with Crippen molar-refractivity contribution in [1.29, 1.82) is 0 Å². The number of halogens is 2. The van der Waals surface area contributed by atoms with Gasteiger partial charge in [0, 0.05) is 11.8 Å². The van der Waals surface area contributed by atoms with Gasteiger partial charge in [-0.15, -0.1) is 0 Å². The molecule has 0 aliphatic heterocycles. The van der Waals surface area contributed by atoms with Crippen LogP contribution >= 0.6 is 0 Å². The van der Waals surface area contributed by atoms with E-state index in [1.54, 1.807) is 6.20 Å². The van der Waals surface area contributed by atoms with Crippen molar-refractivity contribution >= 4 is 0 Å². The topological polar surface area (TPSA) is 22.1 Å². The third-order valence-corrected chi connectivity index (χ3v) is 2.92. The molecule has 1 aromatic rings. The Morgan fingerprint density at radius 2 is 2.00 bits per heavy atom. The van der Waals surface area contributed by atoms with Crippen molar-refractivity contribution < 1.29 is 13.5 Å². The zero-order valence-electron chi connectivity index (χ0n) is 10.3. The van der Waals surface area contributed by atoms with E-state index in [0.29, 0.717) is 5.92 Å². The van der Waals surface area contributed by atoms with Gasteiger partial charge in [0.05, 0.1) is 0 Å². The summed E-state index contributed by atoms with van der Waals surface area (Å²) >= 11 is 0. The minimum absolute atomic E-state index is 0.0805. The van der Waals surface area contributed by atoms with E-state index in [-0.39, 0.29) is 11.3 Å². The van der Waals surface area contributed by atoms with Crippen molar-refractivity contribution in [3.63, 3.8) is 0 Å². The van der Waals surface area contributed by atoms with Crippen LogP contribution in [-0.2, 0) is 5.41 Å². The van der Waals surface area contributed by atoms with Crippen LogP contribution in [0.2, 0.25) is 0 Å². The van der Waals surface area contributed by atoms with Crippen molar-refractivity contribution in [2.75, 3.05) is 0 Å². The maximum Gasteiger partial charge on any atom is 0.388 e. The molecule has 1 saturated carbocycles. The summed E-state index contributed by atoms with van der Waals surface area (Å²) in [5, 5.41) is 0. The third-order valence-electron chi connectivity index (χ3n) is 2.92. The maximum atomic E-state index is 12.4. The van der Waals surface area contributed by atoms with Crippen molar-refractivity contribution in [2.45, 2.75) is 51.6 Å². The second kappa shape index (κ2) is 4.24. The summed E-state index contributed by atoms with van der Waals surface area (Å²) < 4.78 is 29.3. The van der Waals surface area contributed by atoms with Crippen LogP contribution in [-0.4, -0.2) is 11.6 Å². The van der Waals surface area contributed by atoms with E-state index in [9.17, 15) is 8.78 Å². The molecule has 0 aromatic carbocycles. The fourth-order valence-corrected chi connectivity index (χ4v) is 2.12. The Bertz CT molecular complexity index is 408. The fourth-order valence-electron chi connectivity index (χ4n) is 2.12. The van der Waals surface area contributed by atoms with Crippen LogP contribution < -0.4 is 4.74 Å². The highest BCUT2D eigenvalue weighted by Crippen LogP contribution is 2.46.